The largest absolute Gasteiger partial charge is 0.386 e. The van der Waals surface area contributed by atoms with Gasteiger partial charge < -0.3 is 15.2 Å². The van der Waals surface area contributed by atoms with Gasteiger partial charge >= 0.3 is 0 Å². The van der Waals surface area contributed by atoms with E-state index in [9.17, 15) is 13.5 Å². The highest BCUT2D eigenvalue weighted by molar-refractivity contribution is 7.91. The summed E-state index contributed by atoms with van der Waals surface area (Å²) in [4.78, 5) is 0. The van der Waals surface area contributed by atoms with Gasteiger partial charge in [-0.2, -0.15) is 0 Å². The first kappa shape index (κ1) is 11.9. The number of ether oxygens (including phenoxy) is 1. The van der Waals surface area contributed by atoms with E-state index in [0.29, 0.717) is 6.61 Å². The molecule has 6 heteroatoms. The molecule has 1 aliphatic rings. The normalized spacial score (nSPS) is 30.7. The number of quaternary nitrogens is 1. The fourth-order valence-electron chi connectivity index (χ4n) is 1.64. The quantitative estimate of drug-likeness (QED) is 0.517. The van der Waals surface area contributed by atoms with Gasteiger partial charge in [-0.25, -0.2) is 8.42 Å². The minimum absolute atomic E-state index is 0.0849. The van der Waals surface area contributed by atoms with E-state index in [2.05, 4.69) is 0 Å². The van der Waals surface area contributed by atoms with Crippen molar-refractivity contribution >= 4 is 9.84 Å². The van der Waals surface area contributed by atoms with Crippen LogP contribution in [0, 0.1) is 0 Å². The Morgan fingerprint density at radius 2 is 2.21 bits per heavy atom. The molecule has 0 radical (unpaired) electrons. The van der Waals surface area contributed by atoms with Gasteiger partial charge in [0.25, 0.3) is 0 Å². The molecule has 0 amide bonds. The van der Waals surface area contributed by atoms with Crippen molar-refractivity contribution in [3.05, 3.63) is 0 Å². The number of sulfone groups is 1. The van der Waals surface area contributed by atoms with E-state index in [-0.39, 0.29) is 17.5 Å². The van der Waals surface area contributed by atoms with Crippen LogP contribution in [0.15, 0.2) is 0 Å². The van der Waals surface area contributed by atoms with Gasteiger partial charge in [0.2, 0.25) is 0 Å². The zero-order chi connectivity index (χ0) is 10.6. The topological polar surface area (TPSA) is 80.2 Å². The molecule has 0 bridgehead atoms. The van der Waals surface area contributed by atoms with Gasteiger partial charge in [-0.05, 0) is 0 Å². The van der Waals surface area contributed by atoms with Gasteiger partial charge in [-0.3, -0.25) is 0 Å². The highest BCUT2D eigenvalue weighted by atomic mass is 32.2. The number of methoxy groups -OCH3 is 1. The van der Waals surface area contributed by atoms with E-state index in [4.69, 9.17) is 4.74 Å². The summed E-state index contributed by atoms with van der Waals surface area (Å²) in [5.41, 5.74) is 0. The van der Waals surface area contributed by atoms with Gasteiger partial charge in [0.05, 0.1) is 18.9 Å². The van der Waals surface area contributed by atoms with E-state index >= 15 is 0 Å². The third-order valence-corrected chi connectivity index (χ3v) is 4.13. The molecule has 14 heavy (non-hydrogen) atoms. The smallest absolute Gasteiger partial charge is 0.159 e. The molecule has 0 aliphatic carbocycles. The third kappa shape index (κ3) is 3.53. The lowest BCUT2D eigenvalue weighted by atomic mass is 10.2. The molecule has 1 rings (SSSR count). The third-order valence-electron chi connectivity index (χ3n) is 2.39. The van der Waals surface area contributed by atoms with Crippen LogP contribution in [0.4, 0.5) is 0 Å². The van der Waals surface area contributed by atoms with Crippen LogP contribution < -0.4 is 5.32 Å². The summed E-state index contributed by atoms with van der Waals surface area (Å²) >= 11 is 0. The van der Waals surface area contributed by atoms with Crippen LogP contribution in [0.25, 0.3) is 0 Å². The summed E-state index contributed by atoms with van der Waals surface area (Å²) in [7, 11) is -1.37. The molecular formula is C8H18NO4S+. The maximum atomic E-state index is 11.1. The maximum Gasteiger partial charge on any atom is 0.159 e. The van der Waals surface area contributed by atoms with E-state index in [1.807, 2.05) is 5.32 Å². The summed E-state index contributed by atoms with van der Waals surface area (Å²) in [6.45, 7) is 1.47. The van der Waals surface area contributed by atoms with Gasteiger partial charge in [-0.1, -0.05) is 0 Å². The predicted molar refractivity (Wildman–Crippen MR) is 51.7 cm³/mol. The molecular weight excluding hydrogens is 206 g/mol. The summed E-state index contributed by atoms with van der Waals surface area (Å²) < 4.78 is 27.1. The second kappa shape index (κ2) is 5.06. The lowest BCUT2D eigenvalue weighted by Gasteiger charge is -2.10. The molecule has 0 aromatic rings. The number of aliphatic hydroxyl groups is 1. The Hall–Kier alpha value is -0.170. The minimum Gasteiger partial charge on any atom is -0.386 e. The highest BCUT2D eigenvalue weighted by Crippen LogP contribution is 2.08. The first-order valence-electron chi connectivity index (χ1n) is 4.76. The standard InChI is InChI=1S/C8H17NO4S/c1-13-4-2-3-9-7-5-14(11,12)6-8(7)10/h7-10H,2-6H2,1H3/p+1. The van der Waals surface area contributed by atoms with Crippen LogP contribution >= 0.6 is 0 Å². The molecule has 5 nitrogen and oxygen atoms in total. The number of nitrogens with two attached hydrogens (primary N) is 1. The van der Waals surface area contributed by atoms with Crippen molar-refractivity contribution < 1.29 is 23.6 Å². The highest BCUT2D eigenvalue weighted by Gasteiger charge is 2.38. The van der Waals surface area contributed by atoms with Crippen molar-refractivity contribution in [3.63, 3.8) is 0 Å². The second-order valence-electron chi connectivity index (χ2n) is 3.68. The predicted octanol–water partition coefficient (Wildman–Crippen LogP) is -2.26. The molecule has 0 saturated carbocycles. The molecule has 2 atom stereocenters. The van der Waals surface area contributed by atoms with Crippen LogP contribution in [-0.4, -0.2) is 57.4 Å². The Kier molecular flexibility index (Phi) is 4.31. The number of hydrogen-bond donors (Lipinski definition) is 2. The molecule has 1 saturated heterocycles. The van der Waals surface area contributed by atoms with Crippen molar-refractivity contribution in [1.29, 1.82) is 0 Å². The Labute approximate surface area is 84.4 Å². The van der Waals surface area contributed by atoms with Crippen molar-refractivity contribution in [1.82, 2.24) is 0 Å². The lowest BCUT2D eigenvalue weighted by molar-refractivity contribution is -0.690. The Morgan fingerprint density at radius 3 is 2.71 bits per heavy atom. The first-order chi connectivity index (χ1) is 6.55. The number of rotatable bonds is 5. The molecule has 84 valence electrons. The van der Waals surface area contributed by atoms with Crippen molar-refractivity contribution in [3.8, 4) is 0 Å². The Balaban J connectivity index is 2.25. The molecule has 1 heterocycles. The van der Waals surface area contributed by atoms with Crippen molar-refractivity contribution in [2.45, 2.75) is 18.6 Å². The fraction of sp³-hybridized carbons (Fsp3) is 1.00. The summed E-state index contributed by atoms with van der Waals surface area (Å²) in [5, 5.41) is 11.3. The van der Waals surface area contributed by atoms with E-state index in [1.165, 1.54) is 0 Å². The molecule has 1 fully saturated rings. The van der Waals surface area contributed by atoms with E-state index in [1.54, 1.807) is 7.11 Å². The lowest BCUT2D eigenvalue weighted by Crippen LogP contribution is -2.92. The molecule has 0 spiro atoms. The van der Waals surface area contributed by atoms with Crippen LogP contribution in [0.5, 0.6) is 0 Å². The van der Waals surface area contributed by atoms with Crippen LogP contribution in [0.2, 0.25) is 0 Å². The number of aliphatic hydroxyl groups excluding tert-OH is 1. The summed E-state index contributed by atoms with van der Waals surface area (Å²) in [5.74, 6) is 0.0135. The monoisotopic (exact) mass is 224 g/mol. The molecule has 3 N–H and O–H groups in total. The van der Waals surface area contributed by atoms with Gasteiger partial charge in [0, 0.05) is 13.5 Å². The van der Waals surface area contributed by atoms with Crippen LogP contribution in [0.3, 0.4) is 0 Å². The zero-order valence-corrected chi connectivity index (χ0v) is 9.16. The Bertz CT molecular complexity index is 265. The Morgan fingerprint density at radius 1 is 1.50 bits per heavy atom. The molecule has 1 aliphatic heterocycles. The average Bonchev–Trinajstić information content (AvgIpc) is 2.34. The van der Waals surface area contributed by atoms with Crippen molar-refractivity contribution in [2.24, 2.45) is 0 Å². The molecule has 2 unspecified atom stereocenters. The first-order valence-corrected chi connectivity index (χ1v) is 6.58. The van der Waals surface area contributed by atoms with E-state index < -0.39 is 15.9 Å². The zero-order valence-electron chi connectivity index (χ0n) is 8.35. The summed E-state index contributed by atoms with van der Waals surface area (Å²) in [6.07, 6.45) is 0.169. The molecule has 0 aromatic heterocycles. The van der Waals surface area contributed by atoms with Gasteiger partial charge in [0.1, 0.15) is 17.9 Å². The minimum atomic E-state index is -3.00. The van der Waals surface area contributed by atoms with Crippen LogP contribution in [0.1, 0.15) is 6.42 Å². The van der Waals surface area contributed by atoms with Gasteiger partial charge in [-0.15, -0.1) is 0 Å². The van der Waals surface area contributed by atoms with Crippen molar-refractivity contribution in [2.75, 3.05) is 31.8 Å². The maximum absolute atomic E-state index is 11.1. The SMILES string of the molecule is COCCC[NH2+]C1CS(=O)(=O)CC1O. The summed E-state index contributed by atoms with van der Waals surface area (Å²) in [6, 6.07) is -0.183. The van der Waals surface area contributed by atoms with E-state index in [0.717, 1.165) is 13.0 Å². The number of hydrogen-bond acceptors (Lipinski definition) is 4. The molecule has 0 aromatic carbocycles. The van der Waals surface area contributed by atoms with Crippen LogP contribution in [-0.2, 0) is 14.6 Å². The second-order valence-corrected chi connectivity index (χ2v) is 5.83. The fourth-order valence-corrected chi connectivity index (χ4v) is 3.49. The average molecular weight is 224 g/mol. The van der Waals surface area contributed by atoms with Gasteiger partial charge in [0.15, 0.2) is 9.84 Å².